The molecule has 0 aliphatic rings. The number of anilines is 1. The number of benzene rings is 2. The highest BCUT2D eigenvalue weighted by molar-refractivity contribution is 7.98. The van der Waals surface area contributed by atoms with Gasteiger partial charge in [0.05, 0.1) is 7.11 Å². The summed E-state index contributed by atoms with van der Waals surface area (Å²) in [6.45, 7) is 0. The SMILES string of the molecule is COC(=O)Nc1ccc(SCc2ccc(Cl)cc2)cc1. The second-order valence-corrected chi connectivity index (χ2v) is 5.54. The van der Waals surface area contributed by atoms with Crippen molar-refractivity contribution in [1.82, 2.24) is 0 Å². The van der Waals surface area contributed by atoms with Crippen molar-refractivity contribution in [1.29, 1.82) is 0 Å². The molecule has 2 aromatic carbocycles. The van der Waals surface area contributed by atoms with E-state index in [0.717, 1.165) is 15.7 Å². The highest BCUT2D eigenvalue weighted by Gasteiger charge is 2.01. The molecule has 1 amide bonds. The molecule has 0 heterocycles. The molecular weight excluding hydrogens is 294 g/mol. The number of halogens is 1. The van der Waals surface area contributed by atoms with E-state index in [4.69, 9.17) is 11.6 Å². The topological polar surface area (TPSA) is 38.3 Å². The van der Waals surface area contributed by atoms with Gasteiger partial charge in [0.25, 0.3) is 0 Å². The van der Waals surface area contributed by atoms with Gasteiger partial charge in [0, 0.05) is 21.4 Å². The van der Waals surface area contributed by atoms with Gasteiger partial charge in [0.15, 0.2) is 0 Å². The van der Waals surface area contributed by atoms with E-state index in [9.17, 15) is 4.79 Å². The molecule has 104 valence electrons. The average Bonchev–Trinajstić information content (AvgIpc) is 2.48. The Hall–Kier alpha value is -1.65. The molecule has 0 aliphatic carbocycles. The van der Waals surface area contributed by atoms with E-state index in [-0.39, 0.29) is 0 Å². The number of carbonyl (C=O) groups is 1. The fourth-order valence-electron chi connectivity index (χ4n) is 1.55. The summed E-state index contributed by atoms with van der Waals surface area (Å²) < 4.78 is 4.53. The van der Waals surface area contributed by atoms with E-state index < -0.39 is 6.09 Å². The molecule has 0 saturated carbocycles. The van der Waals surface area contributed by atoms with E-state index in [0.29, 0.717) is 5.69 Å². The number of nitrogens with one attached hydrogen (secondary N) is 1. The quantitative estimate of drug-likeness (QED) is 0.824. The van der Waals surface area contributed by atoms with Gasteiger partial charge in [-0.15, -0.1) is 11.8 Å². The minimum Gasteiger partial charge on any atom is -0.453 e. The van der Waals surface area contributed by atoms with E-state index in [1.807, 2.05) is 48.5 Å². The zero-order valence-corrected chi connectivity index (χ0v) is 12.5. The van der Waals surface area contributed by atoms with Crippen molar-refractivity contribution in [3.63, 3.8) is 0 Å². The number of amides is 1. The normalized spacial score (nSPS) is 10.1. The van der Waals surface area contributed by atoms with Crippen molar-refractivity contribution in [2.24, 2.45) is 0 Å². The number of methoxy groups -OCH3 is 1. The van der Waals surface area contributed by atoms with Crippen LogP contribution >= 0.6 is 23.4 Å². The molecule has 3 nitrogen and oxygen atoms in total. The summed E-state index contributed by atoms with van der Waals surface area (Å²) in [5.41, 5.74) is 1.93. The molecule has 0 saturated heterocycles. The van der Waals surface area contributed by atoms with Crippen LogP contribution < -0.4 is 5.32 Å². The fourth-order valence-corrected chi connectivity index (χ4v) is 2.53. The van der Waals surface area contributed by atoms with Crippen LogP contribution in [0.5, 0.6) is 0 Å². The lowest BCUT2D eigenvalue weighted by molar-refractivity contribution is 0.187. The summed E-state index contributed by atoms with van der Waals surface area (Å²) in [7, 11) is 1.34. The predicted molar refractivity (Wildman–Crippen MR) is 83.5 cm³/mol. The maximum Gasteiger partial charge on any atom is 0.411 e. The van der Waals surface area contributed by atoms with Gasteiger partial charge >= 0.3 is 6.09 Å². The number of hydrogen-bond donors (Lipinski definition) is 1. The molecule has 1 N–H and O–H groups in total. The maximum absolute atomic E-state index is 11.1. The third-order valence-electron chi connectivity index (χ3n) is 2.60. The molecule has 0 aromatic heterocycles. The van der Waals surface area contributed by atoms with Gasteiger partial charge in [-0.25, -0.2) is 4.79 Å². The second kappa shape index (κ2) is 7.22. The first kappa shape index (κ1) is 14.8. The molecule has 0 fully saturated rings. The number of thioether (sulfide) groups is 1. The average molecular weight is 308 g/mol. The first-order valence-electron chi connectivity index (χ1n) is 5.99. The van der Waals surface area contributed by atoms with Gasteiger partial charge in [0.1, 0.15) is 0 Å². The zero-order chi connectivity index (χ0) is 14.4. The van der Waals surface area contributed by atoms with Crippen LogP contribution in [0.3, 0.4) is 0 Å². The Bertz CT molecular complexity index is 569. The van der Waals surface area contributed by atoms with Crippen LogP contribution in [0, 0.1) is 0 Å². The lowest BCUT2D eigenvalue weighted by atomic mass is 10.2. The molecule has 20 heavy (non-hydrogen) atoms. The summed E-state index contributed by atoms with van der Waals surface area (Å²) in [6.07, 6.45) is -0.466. The van der Waals surface area contributed by atoms with Crippen molar-refractivity contribution in [2.45, 2.75) is 10.6 Å². The first-order chi connectivity index (χ1) is 9.67. The molecule has 2 rings (SSSR count). The van der Waals surface area contributed by atoms with Crippen LogP contribution in [0.4, 0.5) is 10.5 Å². The number of hydrogen-bond acceptors (Lipinski definition) is 3. The molecule has 0 unspecified atom stereocenters. The van der Waals surface area contributed by atoms with E-state index in [1.54, 1.807) is 11.8 Å². The molecule has 0 spiro atoms. The zero-order valence-electron chi connectivity index (χ0n) is 10.9. The Kier molecular flexibility index (Phi) is 5.32. The van der Waals surface area contributed by atoms with Gasteiger partial charge in [0.2, 0.25) is 0 Å². The summed E-state index contributed by atoms with van der Waals surface area (Å²) >= 11 is 7.57. The summed E-state index contributed by atoms with van der Waals surface area (Å²) in [4.78, 5) is 12.2. The van der Waals surface area contributed by atoms with Crippen molar-refractivity contribution in [3.05, 3.63) is 59.1 Å². The Balaban J connectivity index is 1.90. The van der Waals surface area contributed by atoms with Gasteiger partial charge in [-0.05, 0) is 42.0 Å². The molecule has 0 radical (unpaired) electrons. The summed E-state index contributed by atoms with van der Waals surface area (Å²) in [5.74, 6) is 0.876. The Morgan fingerprint density at radius 1 is 1.15 bits per heavy atom. The molecular formula is C15H14ClNO2S. The maximum atomic E-state index is 11.1. The second-order valence-electron chi connectivity index (χ2n) is 4.06. The molecule has 2 aromatic rings. The van der Waals surface area contributed by atoms with Gasteiger partial charge in [-0.3, -0.25) is 5.32 Å². The summed E-state index contributed by atoms with van der Waals surface area (Å²) in [6, 6.07) is 15.4. The van der Waals surface area contributed by atoms with Crippen molar-refractivity contribution >= 4 is 35.1 Å². The van der Waals surface area contributed by atoms with Crippen LogP contribution in [0.1, 0.15) is 5.56 Å². The third-order valence-corrected chi connectivity index (χ3v) is 3.94. The van der Waals surface area contributed by atoms with E-state index in [2.05, 4.69) is 10.1 Å². The van der Waals surface area contributed by atoms with Crippen LogP contribution in [-0.4, -0.2) is 13.2 Å². The Labute approximate surface area is 127 Å². The monoisotopic (exact) mass is 307 g/mol. The molecule has 0 aliphatic heterocycles. The lowest BCUT2D eigenvalue weighted by Crippen LogP contribution is -2.10. The number of rotatable bonds is 4. The molecule has 5 heteroatoms. The van der Waals surface area contributed by atoms with Crippen LogP contribution in [-0.2, 0) is 10.5 Å². The van der Waals surface area contributed by atoms with Gasteiger partial charge < -0.3 is 4.74 Å². The van der Waals surface area contributed by atoms with Crippen LogP contribution in [0.25, 0.3) is 0 Å². The number of ether oxygens (including phenoxy) is 1. The van der Waals surface area contributed by atoms with Crippen molar-refractivity contribution in [2.75, 3.05) is 12.4 Å². The Morgan fingerprint density at radius 3 is 2.40 bits per heavy atom. The smallest absolute Gasteiger partial charge is 0.411 e. The standard InChI is InChI=1S/C15H14ClNO2S/c1-19-15(18)17-13-6-8-14(9-7-13)20-10-11-2-4-12(16)5-3-11/h2-9H,10H2,1H3,(H,17,18). The van der Waals surface area contributed by atoms with E-state index >= 15 is 0 Å². The van der Waals surface area contributed by atoms with Crippen molar-refractivity contribution < 1.29 is 9.53 Å². The fraction of sp³-hybridized carbons (Fsp3) is 0.133. The van der Waals surface area contributed by atoms with Gasteiger partial charge in [-0.1, -0.05) is 23.7 Å². The minimum atomic E-state index is -0.466. The minimum absolute atomic E-state index is 0.466. The predicted octanol–water partition coefficient (Wildman–Crippen LogP) is 4.81. The highest BCUT2D eigenvalue weighted by Crippen LogP contribution is 2.24. The van der Waals surface area contributed by atoms with Crippen LogP contribution in [0.15, 0.2) is 53.4 Å². The highest BCUT2D eigenvalue weighted by atomic mass is 35.5. The largest absolute Gasteiger partial charge is 0.453 e. The molecule has 0 atom stereocenters. The van der Waals surface area contributed by atoms with E-state index in [1.165, 1.54) is 12.7 Å². The Morgan fingerprint density at radius 2 is 1.80 bits per heavy atom. The first-order valence-corrected chi connectivity index (χ1v) is 7.36. The summed E-state index contributed by atoms with van der Waals surface area (Å²) in [5, 5.41) is 3.36. The number of carbonyl (C=O) groups excluding carboxylic acids is 1. The molecule has 0 bridgehead atoms. The van der Waals surface area contributed by atoms with Crippen LogP contribution in [0.2, 0.25) is 5.02 Å². The third kappa shape index (κ3) is 4.47. The van der Waals surface area contributed by atoms with Gasteiger partial charge in [-0.2, -0.15) is 0 Å². The van der Waals surface area contributed by atoms with Crippen molar-refractivity contribution in [3.8, 4) is 0 Å². The lowest BCUT2D eigenvalue weighted by Gasteiger charge is -2.05.